The van der Waals surface area contributed by atoms with Gasteiger partial charge in [-0.25, -0.2) is 0 Å². The maximum absolute atomic E-state index is 5.76. The van der Waals surface area contributed by atoms with Crippen LogP contribution < -0.4 is 0 Å². The van der Waals surface area contributed by atoms with Crippen LogP contribution in [-0.4, -0.2) is 15.2 Å². The van der Waals surface area contributed by atoms with Crippen molar-refractivity contribution in [2.75, 3.05) is 0 Å². The SMILES string of the molecule is c1ccc(-c2nnc(-c3ccc(-c4ccccn4)cc3)o2)cc1. The highest BCUT2D eigenvalue weighted by atomic mass is 16.4. The van der Waals surface area contributed by atoms with Crippen LogP contribution in [0.5, 0.6) is 0 Å². The van der Waals surface area contributed by atoms with Crippen LogP contribution in [0.4, 0.5) is 0 Å². The van der Waals surface area contributed by atoms with Gasteiger partial charge in [-0.1, -0.05) is 36.4 Å². The molecule has 0 aliphatic heterocycles. The van der Waals surface area contributed by atoms with Gasteiger partial charge in [0, 0.05) is 22.9 Å². The van der Waals surface area contributed by atoms with E-state index < -0.39 is 0 Å². The first-order valence-corrected chi connectivity index (χ1v) is 7.31. The summed E-state index contributed by atoms with van der Waals surface area (Å²) in [6.07, 6.45) is 1.79. The average molecular weight is 299 g/mol. The van der Waals surface area contributed by atoms with Crippen LogP contribution >= 0.6 is 0 Å². The van der Waals surface area contributed by atoms with Crippen molar-refractivity contribution in [1.82, 2.24) is 15.2 Å². The second-order valence-corrected chi connectivity index (χ2v) is 5.07. The van der Waals surface area contributed by atoms with Crippen LogP contribution in [0.3, 0.4) is 0 Å². The second kappa shape index (κ2) is 5.85. The Bertz CT molecular complexity index is 900. The zero-order valence-corrected chi connectivity index (χ0v) is 12.3. The molecule has 4 aromatic rings. The van der Waals surface area contributed by atoms with E-state index in [4.69, 9.17) is 4.42 Å². The molecule has 0 amide bonds. The third kappa shape index (κ3) is 2.74. The molecule has 4 nitrogen and oxygen atoms in total. The summed E-state index contributed by atoms with van der Waals surface area (Å²) < 4.78 is 5.76. The van der Waals surface area contributed by atoms with E-state index in [1.54, 1.807) is 6.20 Å². The van der Waals surface area contributed by atoms with Crippen LogP contribution in [-0.2, 0) is 0 Å². The van der Waals surface area contributed by atoms with Gasteiger partial charge in [0.25, 0.3) is 0 Å². The quantitative estimate of drug-likeness (QED) is 0.560. The highest BCUT2D eigenvalue weighted by molar-refractivity contribution is 5.65. The van der Waals surface area contributed by atoms with Crippen molar-refractivity contribution < 1.29 is 4.42 Å². The second-order valence-electron chi connectivity index (χ2n) is 5.07. The van der Waals surface area contributed by atoms with Gasteiger partial charge < -0.3 is 4.42 Å². The molecule has 4 heteroatoms. The van der Waals surface area contributed by atoms with Gasteiger partial charge in [-0.3, -0.25) is 4.98 Å². The van der Waals surface area contributed by atoms with E-state index in [-0.39, 0.29) is 0 Å². The molecule has 0 saturated heterocycles. The summed E-state index contributed by atoms with van der Waals surface area (Å²) in [6, 6.07) is 23.5. The number of hydrogen-bond acceptors (Lipinski definition) is 4. The molecule has 0 aliphatic carbocycles. The summed E-state index contributed by atoms with van der Waals surface area (Å²) in [7, 11) is 0. The molecule has 0 saturated carbocycles. The van der Waals surface area contributed by atoms with E-state index in [0.29, 0.717) is 11.8 Å². The fourth-order valence-corrected chi connectivity index (χ4v) is 2.35. The molecule has 23 heavy (non-hydrogen) atoms. The molecule has 0 N–H and O–H groups in total. The third-order valence-corrected chi connectivity index (χ3v) is 3.54. The number of hydrogen-bond donors (Lipinski definition) is 0. The first-order chi connectivity index (χ1) is 11.4. The lowest BCUT2D eigenvalue weighted by atomic mass is 10.1. The zero-order valence-electron chi connectivity index (χ0n) is 12.3. The van der Waals surface area contributed by atoms with Gasteiger partial charge in [0.2, 0.25) is 11.8 Å². The Labute approximate surface area is 133 Å². The highest BCUT2D eigenvalue weighted by Gasteiger charge is 2.10. The molecular formula is C19H13N3O. The van der Waals surface area contributed by atoms with Crippen molar-refractivity contribution in [1.29, 1.82) is 0 Å². The van der Waals surface area contributed by atoms with Crippen LogP contribution in [0.15, 0.2) is 83.4 Å². The van der Waals surface area contributed by atoms with Gasteiger partial charge >= 0.3 is 0 Å². The Hall–Kier alpha value is -3.27. The minimum absolute atomic E-state index is 0.511. The number of aromatic nitrogens is 3. The topological polar surface area (TPSA) is 51.8 Å². The van der Waals surface area contributed by atoms with E-state index in [1.165, 1.54) is 0 Å². The lowest BCUT2D eigenvalue weighted by Crippen LogP contribution is -1.83. The monoisotopic (exact) mass is 299 g/mol. The molecule has 4 rings (SSSR count). The summed E-state index contributed by atoms with van der Waals surface area (Å²) in [5, 5.41) is 8.25. The minimum Gasteiger partial charge on any atom is -0.416 e. The van der Waals surface area contributed by atoms with Crippen molar-refractivity contribution >= 4 is 0 Å². The molecule has 110 valence electrons. The van der Waals surface area contributed by atoms with E-state index in [1.807, 2.05) is 72.8 Å². The smallest absolute Gasteiger partial charge is 0.248 e. The van der Waals surface area contributed by atoms with Gasteiger partial charge in [-0.2, -0.15) is 0 Å². The molecule has 0 unspecified atom stereocenters. The fraction of sp³-hybridized carbons (Fsp3) is 0. The summed E-state index contributed by atoms with van der Waals surface area (Å²) in [5.41, 5.74) is 3.79. The molecular weight excluding hydrogens is 286 g/mol. The maximum atomic E-state index is 5.76. The summed E-state index contributed by atoms with van der Waals surface area (Å²) in [5.74, 6) is 1.03. The lowest BCUT2D eigenvalue weighted by Gasteiger charge is -2.01. The van der Waals surface area contributed by atoms with E-state index >= 15 is 0 Å². The van der Waals surface area contributed by atoms with Gasteiger partial charge in [0.15, 0.2) is 0 Å². The number of benzene rings is 2. The highest BCUT2D eigenvalue weighted by Crippen LogP contribution is 2.25. The summed E-state index contributed by atoms with van der Waals surface area (Å²) in [6.45, 7) is 0. The Morgan fingerprint density at radius 2 is 1.17 bits per heavy atom. The molecule has 0 aliphatic rings. The van der Waals surface area contributed by atoms with Crippen molar-refractivity contribution in [3.8, 4) is 34.2 Å². The molecule has 0 radical (unpaired) electrons. The van der Waals surface area contributed by atoms with E-state index in [2.05, 4.69) is 15.2 Å². The normalized spacial score (nSPS) is 10.6. The maximum Gasteiger partial charge on any atom is 0.248 e. The Balaban J connectivity index is 1.63. The third-order valence-electron chi connectivity index (χ3n) is 3.54. The average Bonchev–Trinajstić information content (AvgIpc) is 3.14. The van der Waals surface area contributed by atoms with E-state index in [9.17, 15) is 0 Å². The first kappa shape index (κ1) is 13.4. The molecule has 0 atom stereocenters. The number of pyridine rings is 1. The molecule has 2 aromatic heterocycles. The Morgan fingerprint density at radius 3 is 1.83 bits per heavy atom. The lowest BCUT2D eigenvalue weighted by molar-refractivity contribution is 0.584. The first-order valence-electron chi connectivity index (χ1n) is 7.31. The molecule has 0 fully saturated rings. The van der Waals surface area contributed by atoms with Crippen molar-refractivity contribution in [3.63, 3.8) is 0 Å². The molecule has 0 spiro atoms. The minimum atomic E-state index is 0.511. The summed E-state index contributed by atoms with van der Waals surface area (Å²) in [4.78, 5) is 4.34. The molecule has 0 bridgehead atoms. The molecule has 2 aromatic carbocycles. The van der Waals surface area contributed by atoms with Gasteiger partial charge in [0.1, 0.15) is 0 Å². The Kier molecular flexibility index (Phi) is 3.41. The summed E-state index contributed by atoms with van der Waals surface area (Å²) >= 11 is 0. The Morgan fingerprint density at radius 1 is 0.565 bits per heavy atom. The van der Waals surface area contributed by atoms with Crippen molar-refractivity contribution in [2.24, 2.45) is 0 Å². The molecule has 2 heterocycles. The van der Waals surface area contributed by atoms with Gasteiger partial charge in [-0.15, -0.1) is 10.2 Å². The van der Waals surface area contributed by atoms with E-state index in [0.717, 1.165) is 22.4 Å². The zero-order chi connectivity index (χ0) is 15.5. The van der Waals surface area contributed by atoms with Crippen molar-refractivity contribution in [3.05, 3.63) is 79.0 Å². The predicted molar refractivity (Wildman–Crippen MR) is 88.4 cm³/mol. The van der Waals surface area contributed by atoms with Gasteiger partial charge in [-0.05, 0) is 36.4 Å². The van der Waals surface area contributed by atoms with Crippen molar-refractivity contribution in [2.45, 2.75) is 0 Å². The number of nitrogens with zero attached hydrogens (tertiary/aromatic N) is 3. The number of rotatable bonds is 3. The predicted octanol–water partition coefficient (Wildman–Crippen LogP) is 4.47. The van der Waals surface area contributed by atoms with Gasteiger partial charge in [0.05, 0.1) is 5.69 Å². The van der Waals surface area contributed by atoms with Crippen LogP contribution in [0.2, 0.25) is 0 Å². The van der Waals surface area contributed by atoms with Crippen LogP contribution in [0.1, 0.15) is 0 Å². The van der Waals surface area contributed by atoms with Crippen LogP contribution in [0, 0.1) is 0 Å². The fourth-order valence-electron chi connectivity index (χ4n) is 2.35. The van der Waals surface area contributed by atoms with Crippen LogP contribution in [0.25, 0.3) is 34.2 Å². The largest absolute Gasteiger partial charge is 0.416 e. The standard InChI is InChI=1S/C19H13N3O/c1-2-6-15(7-3-1)18-21-22-19(23-18)16-11-9-14(10-12-16)17-8-4-5-13-20-17/h1-13H.